The average Bonchev–Trinajstić information content (AvgIpc) is 2.88. The van der Waals surface area contributed by atoms with Crippen LogP contribution in [0.5, 0.6) is 5.75 Å². The van der Waals surface area contributed by atoms with Gasteiger partial charge in [0.15, 0.2) is 0 Å². The van der Waals surface area contributed by atoms with Crippen molar-refractivity contribution in [2.45, 2.75) is 58.4 Å². The molecule has 1 aliphatic heterocycles. The van der Waals surface area contributed by atoms with E-state index >= 15 is 0 Å². The first-order valence-corrected chi connectivity index (χ1v) is 7.84. The maximum Gasteiger partial charge on any atom is 0.123 e. The van der Waals surface area contributed by atoms with E-state index in [2.05, 4.69) is 45.9 Å². The van der Waals surface area contributed by atoms with Gasteiger partial charge in [0.2, 0.25) is 0 Å². The molecule has 0 saturated heterocycles. The maximum atomic E-state index is 6.62. The van der Waals surface area contributed by atoms with E-state index in [0.717, 1.165) is 12.4 Å². The van der Waals surface area contributed by atoms with Crippen molar-refractivity contribution in [1.29, 1.82) is 0 Å². The van der Waals surface area contributed by atoms with E-state index in [9.17, 15) is 0 Å². The molecule has 0 aromatic heterocycles. The lowest BCUT2D eigenvalue weighted by Crippen LogP contribution is -2.29. The van der Waals surface area contributed by atoms with Crippen LogP contribution in [-0.4, -0.2) is 6.61 Å². The van der Waals surface area contributed by atoms with E-state index in [1.165, 1.54) is 30.4 Å². The Bertz CT molecular complexity index is 518. The smallest absolute Gasteiger partial charge is 0.123 e. The molecule has 20 heavy (non-hydrogen) atoms. The Balaban J connectivity index is 1.92. The fourth-order valence-corrected chi connectivity index (χ4v) is 4.00. The lowest BCUT2D eigenvalue weighted by atomic mass is 9.75. The van der Waals surface area contributed by atoms with Gasteiger partial charge in [0.25, 0.3) is 0 Å². The summed E-state index contributed by atoms with van der Waals surface area (Å²) in [5.41, 5.74) is 9.69. The summed E-state index contributed by atoms with van der Waals surface area (Å²) in [6.45, 7) is 9.99. The highest BCUT2D eigenvalue weighted by Gasteiger charge is 2.39. The minimum absolute atomic E-state index is 0.107. The molecule has 1 aromatic rings. The Hall–Kier alpha value is -1.02. The molecule has 1 aromatic carbocycles. The second-order valence-corrected chi connectivity index (χ2v) is 7.94. The second kappa shape index (κ2) is 4.49. The number of rotatable bonds is 2. The first kappa shape index (κ1) is 13.9. The summed E-state index contributed by atoms with van der Waals surface area (Å²) >= 11 is 0. The van der Waals surface area contributed by atoms with Crippen LogP contribution in [-0.2, 0) is 5.41 Å². The van der Waals surface area contributed by atoms with E-state index in [1.807, 2.05) is 0 Å². The number of benzene rings is 1. The van der Waals surface area contributed by atoms with E-state index in [1.54, 1.807) is 0 Å². The van der Waals surface area contributed by atoms with Gasteiger partial charge >= 0.3 is 0 Å². The summed E-state index contributed by atoms with van der Waals surface area (Å²) in [6, 6.07) is 6.72. The largest absolute Gasteiger partial charge is 0.492 e. The molecular weight excluding hydrogens is 246 g/mol. The average molecular weight is 273 g/mol. The Morgan fingerprint density at radius 3 is 2.65 bits per heavy atom. The molecule has 2 aliphatic rings. The van der Waals surface area contributed by atoms with Gasteiger partial charge < -0.3 is 10.5 Å². The standard InChI is InChI=1S/C18H27NO/c1-17(2)9-5-6-13(17)16(19)12-7-8-15-14(10-12)18(3,4)11-20-15/h7-8,10,13,16H,5-6,9,11,19H2,1-4H3. The number of fused-ring (bicyclic) bond motifs is 1. The topological polar surface area (TPSA) is 35.2 Å². The summed E-state index contributed by atoms with van der Waals surface area (Å²) in [5, 5.41) is 0. The molecule has 2 nitrogen and oxygen atoms in total. The third-order valence-electron chi connectivity index (χ3n) is 5.48. The van der Waals surface area contributed by atoms with Crippen molar-refractivity contribution >= 4 is 0 Å². The highest BCUT2D eigenvalue weighted by molar-refractivity contribution is 5.46. The summed E-state index contributed by atoms with van der Waals surface area (Å²) < 4.78 is 5.77. The van der Waals surface area contributed by atoms with Crippen LogP contribution in [0.15, 0.2) is 18.2 Å². The van der Waals surface area contributed by atoms with Gasteiger partial charge in [-0.3, -0.25) is 0 Å². The first-order valence-electron chi connectivity index (χ1n) is 7.84. The molecule has 0 spiro atoms. The van der Waals surface area contributed by atoms with E-state index < -0.39 is 0 Å². The zero-order valence-electron chi connectivity index (χ0n) is 13.2. The number of hydrogen-bond acceptors (Lipinski definition) is 2. The van der Waals surface area contributed by atoms with Crippen molar-refractivity contribution in [3.05, 3.63) is 29.3 Å². The van der Waals surface area contributed by atoms with Crippen LogP contribution in [0.2, 0.25) is 0 Å². The second-order valence-electron chi connectivity index (χ2n) is 7.94. The van der Waals surface area contributed by atoms with Gasteiger partial charge in [0, 0.05) is 17.0 Å². The molecule has 2 heteroatoms. The Morgan fingerprint density at radius 2 is 2.00 bits per heavy atom. The third-order valence-corrected chi connectivity index (χ3v) is 5.48. The summed E-state index contributed by atoms with van der Waals surface area (Å²) in [4.78, 5) is 0. The fraction of sp³-hybridized carbons (Fsp3) is 0.667. The Kier molecular flexibility index (Phi) is 3.13. The van der Waals surface area contributed by atoms with Crippen LogP contribution in [0.25, 0.3) is 0 Å². The molecule has 1 saturated carbocycles. The maximum absolute atomic E-state index is 6.62. The van der Waals surface area contributed by atoms with E-state index in [-0.39, 0.29) is 11.5 Å². The third kappa shape index (κ3) is 2.14. The molecule has 1 aliphatic carbocycles. The Labute approximate surface area is 122 Å². The fourth-order valence-electron chi connectivity index (χ4n) is 4.00. The molecule has 110 valence electrons. The molecule has 2 unspecified atom stereocenters. The zero-order chi connectivity index (χ0) is 14.5. The predicted molar refractivity (Wildman–Crippen MR) is 83.0 cm³/mol. The van der Waals surface area contributed by atoms with Gasteiger partial charge in [-0.15, -0.1) is 0 Å². The van der Waals surface area contributed by atoms with Crippen molar-refractivity contribution in [1.82, 2.24) is 0 Å². The van der Waals surface area contributed by atoms with Crippen molar-refractivity contribution in [2.75, 3.05) is 6.61 Å². The lowest BCUT2D eigenvalue weighted by Gasteiger charge is -2.32. The highest BCUT2D eigenvalue weighted by Crippen LogP contribution is 2.49. The van der Waals surface area contributed by atoms with Crippen LogP contribution in [0.3, 0.4) is 0 Å². The number of ether oxygens (including phenoxy) is 1. The Morgan fingerprint density at radius 1 is 1.25 bits per heavy atom. The monoisotopic (exact) mass is 273 g/mol. The van der Waals surface area contributed by atoms with Crippen LogP contribution >= 0.6 is 0 Å². The van der Waals surface area contributed by atoms with Crippen molar-refractivity contribution < 1.29 is 4.74 Å². The van der Waals surface area contributed by atoms with Gasteiger partial charge in [0.05, 0.1) is 6.61 Å². The SMILES string of the molecule is CC1(C)COc2ccc(C(N)C3CCCC3(C)C)cc21. The molecule has 2 atom stereocenters. The van der Waals surface area contributed by atoms with E-state index in [4.69, 9.17) is 10.5 Å². The lowest BCUT2D eigenvalue weighted by molar-refractivity contribution is 0.222. The van der Waals surface area contributed by atoms with Gasteiger partial charge in [0.1, 0.15) is 5.75 Å². The van der Waals surface area contributed by atoms with Crippen LogP contribution < -0.4 is 10.5 Å². The highest BCUT2D eigenvalue weighted by atomic mass is 16.5. The minimum Gasteiger partial charge on any atom is -0.492 e. The molecule has 0 amide bonds. The predicted octanol–water partition coefficient (Wildman–Crippen LogP) is 4.18. The van der Waals surface area contributed by atoms with Crippen molar-refractivity contribution in [3.63, 3.8) is 0 Å². The number of nitrogens with two attached hydrogens (primary N) is 1. The molecule has 3 rings (SSSR count). The summed E-state index contributed by atoms with van der Waals surface area (Å²) in [7, 11) is 0. The van der Waals surface area contributed by atoms with Crippen LogP contribution in [0, 0.1) is 11.3 Å². The quantitative estimate of drug-likeness (QED) is 0.877. The normalized spacial score (nSPS) is 27.9. The van der Waals surface area contributed by atoms with Crippen LogP contribution in [0.4, 0.5) is 0 Å². The molecular formula is C18H27NO. The summed E-state index contributed by atoms with van der Waals surface area (Å²) in [6.07, 6.45) is 3.86. The first-order chi connectivity index (χ1) is 9.31. The van der Waals surface area contributed by atoms with Gasteiger partial charge in [-0.1, -0.05) is 40.2 Å². The molecule has 2 N–H and O–H groups in total. The van der Waals surface area contributed by atoms with Gasteiger partial charge in [-0.2, -0.15) is 0 Å². The van der Waals surface area contributed by atoms with Crippen LogP contribution in [0.1, 0.15) is 64.1 Å². The molecule has 0 radical (unpaired) electrons. The summed E-state index contributed by atoms with van der Waals surface area (Å²) in [5.74, 6) is 1.63. The van der Waals surface area contributed by atoms with Gasteiger partial charge in [-0.05, 0) is 41.9 Å². The zero-order valence-corrected chi connectivity index (χ0v) is 13.2. The number of hydrogen-bond donors (Lipinski definition) is 1. The molecule has 1 fully saturated rings. The molecule has 0 bridgehead atoms. The van der Waals surface area contributed by atoms with Crippen molar-refractivity contribution in [2.24, 2.45) is 17.1 Å². The van der Waals surface area contributed by atoms with E-state index in [0.29, 0.717) is 11.3 Å². The van der Waals surface area contributed by atoms with Crippen molar-refractivity contribution in [3.8, 4) is 5.75 Å². The van der Waals surface area contributed by atoms with Gasteiger partial charge in [-0.25, -0.2) is 0 Å². The minimum atomic E-state index is 0.107. The molecule has 1 heterocycles.